The van der Waals surface area contributed by atoms with Gasteiger partial charge in [-0.15, -0.1) is 0 Å². The van der Waals surface area contributed by atoms with Gasteiger partial charge in [-0.1, -0.05) is 13.3 Å². The first-order chi connectivity index (χ1) is 9.56. The molecule has 0 amide bonds. The van der Waals surface area contributed by atoms with Crippen LogP contribution in [0.1, 0.15) is 26.2 Å². The quantitative estimate of drug-likeness (QED) is 0.671. The molecule has 0 aliphatic carbocycles. The molecule has 0 aromatic carbocycles. The van der Waals surface area contributed by atoms with Crippen LogP contribution in [0.3, 0.4) is 0 Å². The van der Waals surface area contributed by atoms with Gasteiger partial charge in [0.25, 0.3) is 5.69 Å². The summed E-state index contributed by atoms with van der Waals surface area (Å²) in [6.45, 7) is 3.67. The van der Waals surface area contributed by atoms with Crippen molar-refractivity contribution in [3.8, 4) is 0 Å². The van der Waals surface area contributed by atoms with Crippen molar-refractivity contribution < 1.29 is 4.92 Å². The first-order valence-corrected chi connectivity index (χ1v) is 7.62. The molecule has 0 saturated carbocycles. The molecular formula is C13H19BrN4O2. The molecule has 1 aliphatic rings. The van der Waals surface area contributed by atoms with E-state index in [0.29, 0.717) is 16.9 Å². The molecular weight excluding hydrogens is 324 g/mol. The van der Waals surface area contributed by atoms with Crippen LogP contribution in [-0.4, -0.2) is 29.0 Å². The Morgan fingerprint density at radius 1 is 1.65 bits per heavy atom. The van der Waals surface area contributed by atoms with Crippen LogP contribution in [0, 0.1) is 16.0 Å². The fraction of sp³-hybridized carbons (Fsp3) is 0.615. The lowest BCUT2D eigenvalue weighted by Crippen LogP contribution is -2.47. The third-order valence-electron chi connectivity index (χ3n) is 3.96. The third-order valence-corrected chi connectivity index (χ3v) is 4.55. The van der Waals surface area contributed by atoms with Gasteiger partial charge < -0.3 is 10.6 Å². The highest BCUT2D eigenvalue weighted by atomic mass is 79.9. The van der Waals surface area contributed by atoms with E-state index in [1.165, 1.54) is 18.7 Å². The number of hydrogen-bond donors (Lipinski definition) is 1. The van der Waals surface area contributed by atoms with Crippen LogP contribution in [0.25, 0.3) is 0 Å². The van der Waals surface area contributed by atoms with Gasteiger partial charge in [0.2, 0.25) is 0 Å². The van der Waals surface area contributed by atoms with Gasteiger partial charge in [-0.25, -0.2) is 4.98 Å². The van der Waals surface area contributed by atoms with Crippen molar-refractivity contribution in [3.05, 3.63) is 26.9 Å². The van der Waals surface area contributed by atoms with E-state index in [0.717, 1.165) is 25.2 Å². The Kier molecular flexibility index (Phi) is 4.93. The van der Waals surface area contributed by atoms with E-state index in [4.69, 9.17) is 5.73 Å². The molecule has 0 radical (unpaired) electrons. The van der Waals surface area contributed by atoms with Gasteiger partial charge in [0.05, 0.1) is 9.40 Å². The summed E-state index contributed by atoms with van der Waals surface area (Å²) in [5.41, 5.74) is 5.88. The largest absolute Gasteiger partial charge is 0.351 e. The molecule has 110 valence electrons. The zero-order valence-corrected chi connectivity index (χ0v) is 13.0. The summed E-state index contributed by atoms with van der Waals surface area (Å²) in [6, 6.07) is 1.75. The average molecular weight is 343 g/mol. The summed E-state index contributed by atoms with van der Waals surface area (Å²) in [7, 11) is 0. The molecule has 2 atom stereocenters. The normalized spacial score (nSPS) is 22.9. The zero-order valence-electron chi connectivity index (χ0n) is 11.5. The van der Waals surface area contributed by atoms with E-state index in [1.807, 2.05) is 0 Å². The standard InChI is InChI=1S/C13H19BrN4O2/c1-2-9-3-4-17(10(5-9)7-15)13-12(14)6-11(8-16-13)18(19)20/h6,8-10H,2-5,7,15H2,1H3. The summed E-state index contributed by atoms with van der Waals surface area (Å²) in [6.07, 6.45) is 4.63. The molecule has 7 heteroatoms. The number of hydrogen-bond acceptors (Lipinski definition) is 5. The summed E-state index contributed by atoms with van der Waals surface area (Å²) < 4.78 is 0.653. The van der Waals surface area contributed by atoms with Crippen LogP contribution in [0.15, 0.2) is 16.7 Å². The second-order valence-electron chi connectivity index (χ2n) is 5.14. The molecule has 1 fully saturated rings. The van der Waals surface area contributed by atoms with Gasteiger partial charge in [-0.3, -0.25) is 10.1 Å². The maximum atomic E-state index is 10.8. The number of rotatable bonds is 4. The summed E-state index contributed by atoms with van der Waals surface area (Å²) in [5.74, 6) is 1.46. The topological polar surface area (TPSA) is 85.3 Å². The average Bonchev–Trinajstić information content (AvgIpc) is 2.46. The number of piperidine rings is 1. The van der Waals surface area contributed by atoms with Crippen molar-refractivity contribution >= 4 is 27.4 Å². The van der Waals surface area contributed by atoms with Gasteiger partial charge in [0.1, 0.15) is 12.0 Å². The highest BCUT2D eigenvalue weighted by Gasteiger charge is 2.29. The molecule has 2 heterocycles. The number of anilines is 1. The van der Waals surface area contributed by atoms with Crippen molar-refractivity contribution in [2.24, 2.45) is 11.7 Å². The predicted octanol–water partition coefficient (Wildman–Crippen LogP) is 2.71. The second kappa shape index (κ2) is 6.49. The number of nitrogens with two attached hydrogens (primary N) is 1. The van der Waals surface area contributed by atoms with Crippen LogP contribution in [0.4, 0.5) is 11.5 Å². The van der Waals surface area contributed by atoms with Crippen molar-refractivity contribution in [1.82, 2.24) is 4.98 Å². The highest BCUT2D eigenvalue weighted by molar-refractivity contribution is 9.10. The van der Waals surface area contributed by atoms with E-state index in [1.54, 1.807) is 0 Å². The molecule has 0 spiro atoms. The summed E-state index contributed by atoms with van der Waals surface area (Å²) >= 11 is 3.39. The van der Waals surface area contributed by atoms with Gasteiger partial charge in [-0.05, 0) is 34.7 Å². The lowest BCUT2D eigenvalue weighted by molar-refractivity contribution is -0.385. The second-order valence-corrected chi connectivity index (χ2v) is 5.99. The molecule has 6 nitrogen and oxygen atoms in total. The molecule has 0 bridgehead atoms. The summed E-state index contributed by atoms with van der Waals surface area (Å²) in [5, 5.41) is 10.8. The Labute approximate surface area is 126 Å². The van der Waals surface area contributed by atoms with Crippen molar-refractivity contribution in [3.63, 3.8) is 0 Å². The monoisotopic (exact) mass is 342 g/mol. The molecule has 2 N–H and O–H groups in total. The number of nitro groups is 1. The maximum Gasteiger partial charge on any atom is 0.288 e. The Morgan fingerprint density at radius 3 is 2.95 bits per heavy atom. The smallest absolute Gasteiger partial charge is 0.288 e. The predicted molar refractivity (Wildman–Crippen MR) is 81.8 cm³/mol. The number of nitrogens with zero attached hydrogens (tertiary/aromatic N) is 3. The highest BCUT2D eigenvalue weighted by Crippen LogP contribution is 2.33. The fourth-order valence-corrected chi connectivity index (χ4v) is 3.30. The van der Waals surface area contributed by atoms with Crippen LogP contribution in [0.5, 0.6) is 0 Å². The number of aromatic nitrogens is 1. The Hall–Kier alpha value is -1.21. The minimum Gasteiger partial charge on any atom is -0.351 e. The van der Waals surface area contributed by atoms with Crippen molar-refractivity contribution in [2.75, 3.05) is 18.0 Å². The van der Waals surface area contributed by atoms with E-state index in [2.05, 4.69) is 32.7 Å². The number of halogens is 1. The fourth-order valence-electron chi connectivity index (χ4n) is 2.74. The molecule has 2 rings (SSSR count). The molecule has 1 aromatic heterocycles. The minimum absolute atomic E-state index is 0.00614. The van der Waals surface area contributed by atoms with Crippen LogP contribution >= 0.6 is 15.9 Å². The molecule has 1 saturated heterocycles. The first-order valence-electron chi connectivity index (χ1n) is 6.83. The van der Waals surface area contributed by atoms with E-state index in [-0.39, 0.29) is 11.7 Å². The Balaban J connectivity index is 2.24. The Morgan fingerprint density at radius 2 is 2.40 bits per heavy atom. The molecule has 2 unspecified atom stereocenters. The van der Waals surface area contributed by atoms with Gasteiger partial charge in [0.15, 0.2) is 0 Å². The summed E-state index contributed by atoms with van der Waals surface area (Å²) in [4.78, 5) is 16.7. The third kappa shape index (κ3) is 3.09. The van der Waals surface area contributed by atoms with Crippen LogP contribution in [0.2, 0.25) is 0 Å². The SMILES string of the molecule is CCC1CCN(c2ncc([N+](=O)[O-])cc2Br)C(CN)C1. The van der Waals surface area contributed by atoms with Crippen molar-refractivity contribution in [2.45, 2.75) is 32.2 Å². The van der Waals surface area contributed by atoms with E-state index in [9.17, 15) is 10.1 Å². The van der Waals surface area contributed by atoms with Gasteiger partial charge in [-0.2, -0.15) is 0 Å². The Bertz CT molecular complexity index is 497. The minimum atomic E-state index is -0.439. The lowest BCUT2D eigenvalue weighted by Gasteiger charge is -2.40. The van der Waals surface area contributed by atoms with E-state index >= 15 is 0 Å². The molecule has 1 aliphatic heterocycles. The molecule has 1 aromatic rings. The van der Waals surface area contributed by atoms with Gasteiger partial charge >= 0.3 is 0 Å². The van der Waals surface area contributed by atoms with Crippen molar-refractivity contribution in [1.29, 1.82) is 0 Å². The zero-order chi connectivity index (χ0) is 14.7. The molecule has 20 heavy (non-hydrogen) atoms. The number of pyridine rings is 1. The van der Waals surface area contributed by atoms with Gasteiger partial charge in [0, 0.05) is 25.2 Å². The maximum absolute atomic E-state index is 10.8. The van der Waals surface area contributed by atoms with Crippen LogP contribution in [-0.2, 0) is 0 Å². The lowest BCUT2D eigenvalue weighted by atomic mass is 9.89. The first kappa shape index (κ1) is 15.2. The van der Waals surface area contributed by atoms with E-state index < -0.39 is 4.92 Å². The van der Waals surface area contributed by atoms with Crippen LogP contribution < -0.4 is 10.6 Å².